The summed E-state index contributed by atoms with van der Waals surface area (Å²) in [6.07, 6.45) is 2.84. The van der Waals surface area contributed by atoms with E-state index in [2.05, 4.69) is 15.6 Å². The van der Waals surface area contributed by atoms with Gasteiger partial charge >= 0.3 is 0 Å². The fourth-order valence-electron chi connectivity index (χ4n) is 2.46. The van der Waals surface area contributed by atoms with Crippen molar-refractivity contribution in [1.82, 2.24) is 10.3 Å². The third-order valence-electron chi connectivity index (χ3n) is 3.47. The third kappa shape index (κ3) is 2.94. The first kappa shape index (κ1) is 15.2. The van der Waals surface area contributed by atoms with Crippen molar-refractivity contribution in [2.45, 2.75) is 25.3 Å². The first-order valence-corrected chi connectivity index (χ1v) is 7.36. The summed E-state index contributed by atoms with van der Waals surface area (Å²) < 4.78 is 0. The van der Waals surface area contributed by atoms with E-state index < -0.39 is 0 Å². The Morgan fingerprint density at radius 3 is 2.75 bits per heavy atom. The number of pyridine rings is 1. The van der Waals surface area contributed by atoms with Gasteiger partial charge in [-0.3, -0.25) is 4.79 Å². The second kappa shape index (κ2) is 6.50. The van der Waals surface area contributed by atoms with Crippen molar-refractivity contribution in [3.05, 3.63) is 16.1 Å². The second-order valence-corrected chi connectivity index (χ2v) is 5.51. The van der Waals surface area contributed by atoms with E-state index >= 15 is 0 Å². The van der Waals surface area contributed by atoms with Crippen molar-refractivity contribution in [3.8, 4) is 0 Å². The molecule has 1 unspecified atom stereocenters. The molecule has 110 valence electrons. The summed E-state index contributed by atoms with van der Waals surface area (Å²) in [5.41, 5.74) is 0. The number of anilines is 2. The number of aromatic nitrogens is 1. The van der Waals surface area contributed by atoms with E-state index in [1.165, 1.54) is 0 Å². The van der Waals surface area contributed by atoms with Crippen LogP contribution in [0.3, 0.4) is 0 Å². The molecule has 0 aromatic carbocycles. The molecule has 7 heteroatoms. The number of nitrogens with zero attached hydrogens (tertiary/aromatic N) is 2. The number of piperidine rings is 1. The SMILES string of the molecule is CNC(=O)C1CCCCN1c1nc(NC)c(Cl)cc1Cl. The minimum absolute atomic E-state index is 0.0106. The van der Waals surface area contributed by atoms with Gasteiger partial charge in [0.15, 0.2) is 5.82 Å². The third-order valence-corrected chi connectivity index (χ3v) is 4.04. The van der Waals surface area contributed by atoms with Crippen molar-refractivity contribution in [3.63, 3.8) is 0 Å². The van der Waals surface area contributed by atoms with Gasteiger partial charge in [-0.25, -0.2) is 4.98 Å². The molecule has 0 aliphatic carbocycles. The van der Waals surface area contributed by atoms with Crippen molar-refractivity contribution in [2.75, 3.05) is 30.9 Å². The lowest BCUT2D eigenvalue weighted by Crippen LogP contribution is -2.49. The molecule has 0 saturated carbocycles. The van der Waals surface area contributed by atoms with E-state index in [0.717, 1.165) is 25.8 Å². The Kier molecular flexibility index (Phi) is 4.94. The van der Waals surface area contributed by atoms with Gasteiger partial charge in [-0.2, -0.15) is 0 Å². The van der Waals surface area contributed by atoms with Gasteiger partial charge in [0.1, 0.15) is 11.9 Å². The van der Waals surface area contributed by atoms with Crippen molar-refractivity contribution >= 4 is 40.7 Å². The molecule has 1 fully saturated rings. The molecule has 1 atom stereocenters. The zero-order valence-electron chi connectivity index (χ0n) is 11.5. The van der Waals surface area contributed by atoms with Crippen molar-refractivity contribution < 1.29 is 4.79 Å². The van der Waals surface area contributed by atoms with Gasteiger partial charge in [-0.05, 0) is 25.3 Å². The van der Waals surface area contributed by atoms with E-state index in [-0.39, 0.29) is 11.9 Å². The molecule has 20 heavy (non-hydrogen) atoms. The zero-order valence-corrected chi connectivity index (χ0v) is 13.1. The lowest BCUT2D eigenvalue weighted by molar-refractivity contribution is -0.122. The molecular formula is C13H18Cl2N4O. The van der Waals surface area contributed by atoms with E-state index in [9.17, 15) is 4.79 Å². The van der Waals surface area contributed by atoms with Crippen molar-refractivity contribution in [1.29, 1.82) is 0 Å². The molecule has 1 aliphatic heterocycles. The highest BCUT2D eigenvalue weighted by Gasteiger charge is 2.30. The quantitative estimate of drug-likeness (QED) is 0.899. The number of halogens is 2. The Bertz CT molecular complexity index is 509. The number of carbonyl (C=O) groups is 1. The molecule has 2 heterocycles. The molecule has 1 aromatic heterocycles. The second-order valence-electron chi connectivity index (χ2n) is 4.69. The topological polar surface area (TPSA) is 57.3 Å². The van der Waals surface area contributed by atoms with Gasteiger partial charge in [-0.15, -0.1) is 0 Å². The molecule has 0 spiro atoms. The average molecular weight is 317 g/mol. The molecular weight excluding hydrogens is 299 g/mol. The van der Waals surface area contributed by atoms with Crippen LogP contribution < -0.4 is 15.5 Å². The van der Waals surface area contributed by atoms with Crippen LogP contribution in [0.4, 0.5) is 11.6 Å². The number of carbonyl (C=O) groups excluding carboxylic acids is 1. The van der Waals surface area contributed by atoms with E-state index in [1.807, 2.05) is 4.90 Å². The van der Waals surface area contributed by atoms with Gasteiger partial charge in [0.05, 0.1) is 10.0 Å². The highest BCUT2D eigenvalue weighted by molar-refractivity contribution is 6.37. The predicted octanol–water partition coefficient (Wildman–Crippen LogP) is 2.54. The summed E-state index contributed by atoms with van der Waals surface area (Å²) in [6, 6.07) is 1.43. The predicted molar refractivity (Wildman–Crippen MR) is 82.9 cm³/mol. The Morgan fingerprint density at radius 2 is 2.10 bits per heavy atom. The fourth-order valence-corrected chi connectivity index (χ4v) is 3.02. The summed E-state index contributed by atoms with van der Waals surface area (Å²) >= 11 is 12.3. The maximum Gasteiger partial charge on any atom is 0.242 e. The van der Waals surface area contributed by atoms with Gasteiger partial charge in [0, 0.05) is 20.6 Å². The Balaban J connectivity index is 2.39. The molecule has 2 rings (SSSR count). The largest absolute Gasteiger partial charge is 0.372 e. The Morgan fingerprint density at radius 1 is 1.35 bits per heavy atom. The van der Waals surface area contributed by atoms with Crippen LogP contribution in [0.25, 0.3) is 0 Å². The highest BCUT2D eigenvalue weighted by Crippen LogP contribution is 2.34. The summed E-state index contributed by atoms with van der Waals surface area (Å²) in [7, 11) is 3.39. The minimum Gasteiger partial charge on any atom is -0.372 e. The van der Waals surface area contributed by atoms with Crippen LogP contribution in [0.5, 0.6) is 0 Å². The average Bonchev–Trinajstić information content (AvgIpc) is 2.47. The van der Waals surface area contributed by atoms with E-state index in [1.54, 1.807) is 20.2 Å². The lowest BCUT2D eigenvalue weighted by atomic mass is 10.0. The normalized spacial score (nSPS) is 18.8. The molecule has 0 bridgehead atoms. The molecule has 1 aromatic rings. The fraction of sp³-hybridized carbons (Fsp3) is 0.538. The number of nitrogens with one attached hydrogen (secondary N) is 2. The summed E-state index contributed by atoms with van der Waals surface area (Å²) in [6.45, 7) is 0.760. The molecule has 0 radical (unpaired) electrons. The number of hydrogen-bond donors (Lipinski definition) is 2. The van der Waals surface area contributed by atoms with Gasteiger partial charge < -0.3 is 15.5 Å². The summed E-state index contributed by atoms with van der Waals surface area (Å²) in [4.78, 5) is 18.4. The monoisotopic (exact) mass is 316 g/mol. The van der Waals surface area contributed by atoms with Crippen LogP contribution in [0.2, 0.25) is 10.0 Å². The van der Waals surface area contributed by atoms with Gasteiger partial charge in [-0.1, -0.05) is 23.2 Å². The lowest BCUT2D eigenvalue weighted by Gasteiger charge is -2.36. The highest BCUT2D eigenvalue weighted by atomic mass is 35.5. The molecule has 1 amide bonds. The Hall–Kier alpha value is -1.20. The van der Waals surface area contributed by atoms with Crippen LogP contribution in [0.1, 0.15) is 19.3 Å². The van der Waals surface area contributed by atoms with Crippen LogP contribution in [-0.2, 0) is 4.79 Å². The number of amides is 1. The molecule has 5 nitrogen and oxygen atoms in total. The van der Waals surface area contributed by atoms with Crippen molar-refractivity contribution in [2.24, 2.45) is 0 Å². The standard InChI is InChI=1S/C13H18Cl2N4O/c1-16-11-8(14)7-9(15)12(18-11)19-6-4-3-5-10(19)13(20)17-2/h7,10H,3-6H2,1-2H3,(H,16,18)(H,17,20). The molecule has 1 aliphatic rings. The van der Waals surface area contributed by atoms with Gasteiger partial charge in [0.2, 0.25) is 5.91 Å². The zero-order chi connectivity index (χ0) is 14.7. The number of rotatable bonds is 3. The number of likely N-dealkylation sites (N-methyl/N-ethyl adjacent to an activating group) is 1. The van der Waals surface area contributed by atoms with Crippen LogP contribution in [0.15, 0.2) is 6.07 Å². The van der Waals surface area contributed by atoms with Crippen LogP contribution in [0, 0.1) is 0 Å². The van der Waals surface area contributed by atoms with Gasteiger partial charge in [0.25, 0.3) is 0 Å². The van der Waals surface area contributed by atoms with E-state index in [4.69, 9.17) is 23.2 Å². The first-order chi connectivity index (χ1) is 9.58. The Labute approximate surface area is 128 Å². The van der Waals surface area contributed by atoms with Crippen LogP contribution >= 0.6 is 23.2 Å². The summed E-state index contributed by atoms with van der Waals surface area (Å²) in [5.74, 6) is 1.16. The smallest absolute Gasteiger partial charge is 0.242 e. The molecule has 1 saturated heterocycles. The maximum atomic E-state index is 12.0. The summed E-state index contributed by atoms with van der Waals surface area (Å²) in [5, 5.41) is 6.56. The first-order valence-electron chi connectivity index (χ1n) is 6.60. The minimum atomic E-state index is -0.232. The van der Waals surface area contributed by atoms with E-state index in [0.29, 0.717) is 21.7 Å². The van der Waals surface area contributed by atoms with Crippen LogP contribution in [-0.4, -0.2) is 37.6 Å². The number of hydrogen-bond acceptors (Lipinski definition) is 4. The molecule has 2 N–H and O–H groups in total. The maximum absolute atomic E-state index is 12.0.